The van der Waals surface area contributed by atoms with Gasteiger partial charge in [-0.2, -0.15) is 0 Å². The van der Waals surface area contributed by atoms with Crippen molar-refractivity contribution >= 4 is 34.3 Å². The van der Waals surface area contributed by atoms with Gasteiger partial charge in [-0.25, -0.2) is 4.99 Å². The molecule has 1 atom stereocenters. The highest BCUT2D eigenvalue weighted by atomic mass is 32.2. The van der Waals surface area contributed by atoms with Crippen LogP contribution in [-0.4, -0.2) is 22.5 Å². The lowest BCUT2D eigenvalue weighted by Gasteiger charge is -2.26. The molecule has 3 N–H and O–H groups in total. The zero-order chi connectivity index (χ0) is 17.8. The number of aryl methyl sites for hydroxylation is 1. The van der Waals surface area contributed by atoms with Crippen molar-refractivity contribution < 1.29 is 0 Å². The fourth-order valence-electron chi connectivity index (χ4n) is 3.54. The molecule has 0 saturated heterocycles. The maximum atomic E-state index is 4.86. The van der Waals surface area contributed by atoms with Crippen LogP contribution < -0.4 is 16.0 Å². The molecule has 1 unspecified atom stereocenters. The lowest BCUT2D eigenvalue weighted by Crippen LogP contribution is -2.41. The fraction of sp³-hybridized carbons (Fsp3) is 0.400. The largest absolute Gasteiger partial charge is 0.361 e. The molecule has 1 saturated carbocycles. The van der Waals surface area contributed by atoms with E-state index in [1.807, 2.05) is 30.7 Å². The van der Waals surface area contributed by atoms with Gasteiger partial charge < -0.3 is 16.0 Å². The van der Waals surface area contributed by atoms with Crippen LogP contribution in [-0.2, 0) is 0 Å². The molecule has 6 heteroatoms. The maximum absolute atomic E-state index is 4.86. The number of aromatic nitrogens is 1. The van der Waals surface area contributed by atoms with Crippen LogP contribution in [0.1, 0.15) is 37.8 Å². The van der Waals surface area contributed by atoms with Gasteiger partial charge in [0.2, 0.25) is 0 Å². The van der Waals surface area contributed by atoms with E-state index in [2.05, 4.69) is 39.1 Å². The minimum absolute atomic E-state index is 0.0165. The summed E-state index contributed by atoms with van der Waals surface area (Å²) in [5.74, 6) is 0.835. The summed E-state index contributed by atoms with van der Waals surface area (Å²) in [5.41, 5.74) is 3.06. The van der Waals surface area contributed by atoms with Crippen LogP contribution in [0, 0.1) is 6.92 Å². The summed E-state index contributed by atoms with van der Waals surface area (Å²) in [6.07, 6.45) is 8.29. The first kappa shape index (κ1) is 17.2. The summed E-state index contributed by atoms with van der Waals surface area (Å²) in [6, 6.07) is 10.8. The average Bonchev–Trinajstić information content (AvgIpc) is 3.15. The molecule has 0 spiro atoms. The summed E-state index contributed by atoms with van der Waals surface area (Å²) in [6.45, 7) is 2.03. The zero-order valence-corrected chi connectivity index (χ0v) is 15.9. The molecule has 0 bridgehead atoms. The fourth-order valence-corrected chi connectivity index (χ4v) is 4.17. The number of aliphatic imine (C=N–C) groups is 1. The first-order valence-corrected chi connectivity index (χ1v) is 10.3. The SMILES string of the molecule is Cc1cc(N/C(=N\C2NC=CS2)NC2CCCCC2)c2ccccc2n1. The molecule has 1 aromatic heterocycles. The summed E-state index contributed by atoms with van der Waals surface area (Å²) in [5, 5.41) is 13.6. The molecule has 5 nitrogen and oxygen atoms in total. The lowest BCUT2D eigenvalue weighted by atomic mass is 9.96. The molecular formula is C20H25N5S. The number of nitrogens with zero attached hydrogens (tertiary/aromatic N) is 2. The zero-order valence-electron chi connectivity index (χ0n) is 15.0. The number of hydrogen-bond donors (Lipinski definition) is 3. The van der Waals surface area contributed by atoms with Crippen molar-refractivity contribution in [2.75, 3.05) is 5.32 Å². The van der Waals surface area contributed by atoms with E-state index in [0.29, 0.717) is 6.04 Å². The van der Waals surface area contributed by atoms with Crippen molar-refractivity contribution in [3.63, 3.8) is 0 Å². The smallest absolute Gasteiger partial charge is 0.198 e. The van der Waals surface area contributed by atoms with E-state index in [9.17, 15) is 0 Å². The Morgan fingerprint density at radius 3 is 2.88 bits per heavy atom. The minimum atomic E-state index is 0.0165. The van der Waals surface area contributed by atoms with Crippen LogP contribution >= 0.6 is 11.8 Å². The van der Waals surface area contributed by atoms with Crippen LogP contribution in [0.4, 0.5) is 5.69 Å². The third-order valence-electron chi connectivity index (χ3n) is 4.80. The van der Waals surface area contributed by atoms with Crippen LogP contribution in [0.5, 0.6) is 0 Å². The predicted molar refractivity (Wildman–Crippen MR) is 111 cm³/mol. The number of thioether (sulfide) groups is 1. The third kappa shape index (κ3) is 4.12. The van der Waals surface area contributed by atoms with Gasteiger partial charge in [-0.15, -0.1) is 0 Å². The molecule has 1 aliphatic heterocycles. The quantitative estimate of drug-likeness (QED) is 0.557. The molecule has 1 aromatic carbocycles. The average molecular weight is 368 g/mol. The molecule has 2 heterocycles. The Labute approximate surface area is 158 Å². The predicted octanol–water partition coefficient (Wildman–Crippen LogP) is 4.32. The lowest BCUT2D eigenvalue weighted by molar-refractivity contribution is 0.413. The summed E-state index contributed by atoms with van der Waals surface area (Å²) < 4.78 is 0. The van der Waals surface area contributed by atoms with Crippen molar-refractivity contribution in [1.29, 1.82) is 0 Å². The highest BCUT2D eigenvalue weighted by molar-refractivity contribution is 8.02. The second-order valence-corrected chi connectivity index (χ2v) is 7.86. The normalized spacial score (nSPS) is 21.0. The van der Waals surface area contributed by atoms with Crippen molar-refractivity contribution in [2.45, 2.75) is 50.6 Å². The Balaban J connectivity index is 1.61. The number of anilines is 1. The number of nitrogens with one attached hydrogen (secondary N) is 3. The summed E-state index contributed by atoms with van der Waals surface area (Å²) >= 11 is 1.68. The van der Waals surface area contributed by atoms with Gasteiger partial charge >= 0.3 is 0 Å². The first-order valence-electron chi connectivity index (χ1n) is 9.32. The highest BCUT2D eigenvalue weighted by Gasteiger charge is 2.17. The Morgan fingerprint density at radius 1 is 1.23 bits per heavy atom. The van der Waals surface area contributed by atoms with Crippen molar-refractivity contribution in [3.05, 3.63) is 47.6 Å². The van der Waals surface area contributed by atoms with Crippen LogP contribution in [0.25, 0.3) is 10.9 Å². The van der Waals surface area contributed by atoms with E-state index in [1.165, 1.54) is 32.1 Å². The topological polar surface area (TPSA) is 61.3 Å². The van der Waals surface area contributed by atoms with Gasteiger partial charge in [0.25, 0.3) is 0 Å². The Kier molecular flexibility index (Phi) is 5.29. The molecule has 1 aliphatic carbocycles. The first-order chi connectivity index (χ1) is 12.8. The van der Waals surface area contributed by atoms with E-state index in [0.717, 1.165) is 28.2 Å². The second kappa shape index (κ2) is 7.99. The molecule has 2 aromatic rings. The Hall–Kier alpha value is -2.21. The van der Waals surface area contributed by atoms with Gasteiger partial charge in [-0.3, -0.25) is 4.98 Å². The van der Waals surface area contributed by atoms with Gasteiger partial charge in [0.1, 0.15) is 0 Å². The van der Waals surface area contributed by atoms with E-state index >= 15 is 0 Å². The minimum Gasteiger partial charge on any atom is -0.361 e. The summed E-state index contributed by atoms with van der Waals surface area (Å²) in [7, 11) is 0. The van der Waals surface area contributed by atoms with Crippen LogP contribution in [0.2, 0.25) is 0 Å². The number of rotatable bonds is 3. The van der Waals surface area contributed by atoms with Gasteiger partial charge in [-0.05, 0) is 37.3 Å². The molecule has 0 amide bonds. The van der Waals surface area contributed by atoms with Gasteiger partial charge in [0.15, 0.2) is 11.5 Å². The Morgan fingerprint density at radius 2 is 2.08 bits per heavy atom. The van der Waals surface area contributed by atoms with Crippen LogP contribution in [0.3, 0.4) is 0 Å². The second-order valence-electron chi connectivity index (χ2n) is 6.87. The molecule has 136 valence electrons. The molecule has 1 fully saturated rings. The number of para-hydroxylation sites is 1. The molecule has 26 heavy (non-hydrogen) atoms. The molecule has 2 aliphatic rings. The monoisotopic (exact) mass is 367 g/mol. The number of pyridine rings is 1. The van der Waals surface area contributed by atoms with Gasteiger partial charge in [-0.1, -0.05) is 49.2 Å². The summed E-state index contributed by atoms with van der Waals surface area (Å²) in [4.78, 5) is 9.50. The van der Waals surface area contributed by atoms with Crippen molar-refractivity contribution in [2.24, 2.45) is 4.99 Å². The van der Waals surface area contributed by atoms with E-state index in [4.69, 9.17) is 4.99 Å². The van der Waals surface area contributed by atoms with E-state index < -0.39 is 0 Å². The van der Waals surface area contributed by atoms with Gasteiger partial charge in [0, 0.05) is 23.3 Å². The number of fused-ring (bicyclic) bond motifs is 1. The maximum Gasteiger partial charge on any atom is 0.198 e. The van der Waals surface area contributed by atoms with Crippen LogP contribution in [0.15, 0.2) is 46.9 Å². The third-order valence-corrected chi connectivity index (χ3v) is 5.60. The van der Waals surface area contributed by atoms with E-state index in [-0.39, 0.29) is 5.50 Å². The highest BCUT2D eigenvalue weighted by Crippen LogP contribution is 2.24. The van der Waals surface area contributed by atoms with Crippen molar-refractivity contribution in [3.8, 4) is 0 Å². The number of hydrogen-bond acceptors (Lipinski definition) is 4. The van der Waals surface area contributed by atoms with Crippen molar-refractivity contribution in [1.82, 2.24) is 15.6 Å². The molecule has 0 radical (unpaired) electrons. The molecular weight excluding hydrogens is 342 g/mol. The standard InChI is InChI=1S/C20H25N5S/c1-14-13-18(16-9-5-6-10-17(16)22-14)24-19(25-20-21-11-12-26-20)23-15-7-3-2-4-8-15/h5-6,9-13,15,20-21H,2-4,7-8H2,1H3,(H2,22,23,24,25). The van der Waals surface area contributed by atoms with Gasteiger partial charge in [0.05, 0.1) is 11.2 Å². The van der Waals surface area contributed by atoms with E-state index in [1.54, 1.807) is 11.8 Å². The Bertz CT molecular complexity index is 818. The molecule has 4 rings (SSSR count). The number of guanidine groups is 1. The number of benzene rings is 1.